The Balaban J connectivity index is 1.56. The normalized spacial score (nSPS) is 11.7. The molecular weight excluding hydrogens is 1270 g/mol. The van der Waals surface area contributed by atoms with Crippen molar-refractivity contribution in [2.24, 2.45) is 0 Å². The molecule has 0 aromatic carbocycles. The number of aromatic nitrogens is 3. The molecule has 0 aliphatic heterocycles. The highest BCUT2D eigenvalue weighted by atomic mass is 28.3. The van der Waals surface area contributed by atoms with Crippen molar-refractivity contribution in [2.75, 3.05) is 240 Å². The van der Waals surface area contributed by atoms with Gasteiger partial charge in [-0.2, -0.15) is 0 Å². The van der Waals surface area contributed by atoms with Crippen molar-refractivity contribution >= 4 is 16.1 Å². The number of rotatable bonds is 53. The van der Waals surface area contributed by atoms with E-state index < -0.39 is 16.1 Å². The summed E-state index contributed by atoms with van der Waals surface area (Å²) in [4.78, 5) is 14.5. The van der Waals surface area contributed by atoms with Crippen LogP contribution in [0.15, 0.2) is 36.4 Å². The van der Waals surface area contributed by atoms with Crippen LogP contribution in [0.4, 0.5) is 0 Å². The van der Waals surface area contributed by atoms with E-state index in [1.54, 1.807) is 45.6 Å². The molecule has 0 aliphatic carbocycles. The summed E-state index contributed by atoms with van der Waals surface area (Å²) in [5.41, 5.74) is 9.86. The van der Waals surface area contributed by atoms with Crippen LogP contribution in [0.2, 0.25) is 36.3 Å². The van der Waals surface area contributed by atoms with Gasteiger partial charge in [0.05, 0.1) is 198 Å². The summed E-state index contributed by atoms with van der Waals surface area (Å²) < 4.78 is 111. The topological polar surface area (TPSA) is 223 Å². The SMILES string of the molecule is COCCOCCOCCOCCOCCOCCOCCOCCOc1cc(C#Cc2cc(OCOC)cc(C#Cc3cc(OCCOCCOCCOCCOCCOCCOCCOCCOC)cc(C#C[Si](C)(C)C(C)(C)C)n3)n2)nc(C#C[Si](C)(C)C(C)(C)C)c1. The van der Waals surface area contributed by atoms with Gasteiger partial charge in [0, 0.05) is 57.7 Å². The summed E-state index contributed by atoms with van der Waals surface area (Å²) in [6, 6.07) is 10.6. The summed E-state index contributed by atoms with van der Waals surface area (Å²) in [6.07, 6.45) is 0. The third kappa shape index (κ3) is 42.6. The predicted molar refractivity (Wildman–Crippen MR) is 372 cm³/mol. The molecule has 3 aromatic heterocycles. The molecule has 0 saturated carbocycles. The minimum Gasteiger partial charge on any atom is -0.491 e. The van der Waals surface area contributed by atoms with Crippen molar-refractivity contribution in [3.63, 3.8) is 0 Å². The standard InChI is InChI=1S/C71H111N3O20Si2/c1-70(2,3)95(10,11)52-18-65-58-67(92-50-48-90-46-44-88-42-40-86-38-36-84-34-32-82-30-28-80-26-24-78-22-20-75-7)54-61(73-65)14-16-63-56-69(94-60-77-9)57-64(72-63)17-15-62-55-68(59-66(74-62)19-53-96(12,13)71(4,5)6)93-51-49-91-47-45-89-43-41-87-39-37-85-35-33-83-31-29-81-27-25-79-23-21-76-8/h54-59H,20-51,60H2,1-13H3. The molecule has 23 nitrogen and oxygen atoms in total. The third-order valence-electron chi connectivity index (χ3n) is 14.5. The van der Waals surface area contributed by atoms with Crippen LogP contribution < -0.4 is 14.2 Å². The first-order valence-electron chi connectivity index (χ1n) is 33.0. The highest BCUT2D eigenvalue weighted by Crippen LogP contribution is 2.36. The number of hydrogen-bond acceptors (Lipinski definition) is 23. The molecular formula is C71H111N3O20Si2. The van der Waals surface area contributed by atoms with E-state index >= 15 is 0 Å². The maximum Gasteiger partial charge on any atom is 0.188 e. The van der Waals surface area contributed by atoms with E-state index in [-0.39, 0.29) is 30.1 Å². The van der Waals surface area contributed by atoms with Crippen molar-refractivity contribution in [3.05, 3.63) is 70.6 Å². The second-order valence-corrected chi connectivity index (χ2v) is 34.3. The van der Waals surface area contributed by atoms with Gasteiger partial charge in [-0.25, -0.2) is 15.0 Å². The van der Waals surface area contributed by atoms with E-state index in [0.717, 1.165) is 0 Å². The zero-order chi connectivity index (χ0) is 69.7. The van der Waals surface area contributed by atoms with Gasteiger partial charge in [-0.3, -0.25) is 0 Å². The minimum atomic E-state index is -1.99. The first-order chi connectivity index (χ1) is 46.4. The van der Waals surface area contributed by atoms with Gasteiger partial charge in [0.1, 0.15) is 80.8 Å². The molecule has 0 spiro atoms. The van der Waals surface area contributed by atoms with Crippen LogP contribution in [0.5, 0.6) is 17.2 Å². The molecule has 25 heteroatoms. The largest absolute Gasteiger partial charge is 0.491 e. The lowest BCUT2D eigenvalue weighted by Crippen LogP contribution is -2.35. The second kappa shape index (κ2) is 52.8. The van der Waals surface area contributed by atoms with Crippen LogP contribution >= 0.6 is 0 Å². The molecule has 3 rings (SSSR count). The van der Waals surface area contributed by atoms with Crippen molar-refractivity contribution in [1.82, 2.24) is 15.0 Å². The van der Waals surface area contributed by atoms with Gasteiger partial charge in [-0.15, -0.1) is 11.1 Å². The van der Waals surface area contributed by atoms with E-state index in [9.17, 15) is 0 Å². The zero-order valence-corrected chi connectivity index (χ0v) is 61.8. The van der Waals surface area contributed by atoms with Gasteiger partial charge in [0.25, 0.3) is 0 Å². The van der Waals surface area contributed by atoms with Crippen LogP contribution in [-0.2, 0) is 80.5 Å². The van der Waals surface area contributed by atoms with Crippen molar-refractivity contribution < 1.29 is 94.7 Å². The van der Waals surface area contributed by atoms with Crippen LogP contribution in [-0.4, -0.2) is 271 Å². The van der Waals surface area contributed by atoms with Crippen molar-refractivity contribution in [2.45, 2.75) is 77.8 Å². The van der Waals surface area contributed by atoms with Gasteiger partial charge in [-0.05, 0) is 33.8 Å². The predicted octanol–water partition coefficient (Wildman–Crippen LogP) is 7.74. The molecule has 3 aromatic rings. The highest BCUT2D eigenvalue weighted by Gasteiger charge is 2.34. The van der Waals surface area contributed by atoms with E-state index in [1.807, 2.05) is 12.1 Å². The van der Waals surface area contributed by atoms with Gasteiger partial charge >= 0.3 is 0 Å². The Morgan fingerprint density at radius 3 is 0.646 bits per heavy atom. The second-order valence-electron chi connectivity index (χ2n) is 24.3. The Hall–Kier alpha value is -5.16. The third-order valence-corrected chi connectivity index (χ3v) is 23.5. The van der Waals surface area contributed by atoms with Gasteiger partial charge < -0.3 is 94.7 Å². The van der Waals surface area contributed by atoms with Crippen LogP contribution in [0, 0.1) is 46.6 Å². The molecule has 0 unspecified atom stereocenters. The molecule has 0 N–H and O–H groups in total. The Kier molecular flexibility index (Phi) is 46.8. The lowest BCUT2D eigenvalue weighted by molar-refractivity contribution is -0.0227. The zero-order valence-electron chi connectivity index (χ0n) is 59.8. The first-order valence-corrected chi connectivity index (χ1v) is 39.0. The molecule has 0 fully saturated rings. The van der Waals surface area contributed by atoms with E-state index in [1.165, 1.54) is 0 Å². The number of pyridine rings is 3. The Bertz CT molecular complexity index is 2610. The van der Waals surface area contributed by atoms with E-state index in [2.05, 4.69) is 114 Å². The fourth-order valence-electron chi connectivity index (χ4n) is 6.91. The number of methoxy groups -OCH3 is 3. The molecule has 0 saturated heterocycles. The average molecular weight is 1380 g/mol. The van der Waals surface area contributed by atoms with Crippen LogP contribution in [0.3, 0.4) is 0 Å². The molecule has 3 heterocycles. The molecule has 0 aliphatic rings. The summed E-state index contributed by atoms with van der Waals surface area (Å²) in [7, 11) is 0.848. The summed E-state index contributed by atoms with van der Waals surface area (Å²) in [5.74, 6) is 21.0. The van der Waals surface area contributed by atoms with Crippen molar-refractivity contribution in [1.29, 1.82) is 0 Å². The molecule has 96 heavy (non-hydrogen) atoms. The van der Waals surface area contributed by atoms with Gasteiger partial charge in [0.15, 0.2) is 6.79 Å². The fourth-order valence-corrected chi connectivity index (χ4v) is 8.54. The molecule has 538 valence electrons. The Labute approximate surface area is 575 Å². The fraction of sp³-hybridized carbons (Fsp3) is 0.676. The van der Waals surface area contributed by atoms with E-state index in [4.69, 9.17) is 110 Å². The van der Waals surface area contributed by atoms with Gasteiger partial charge in [0.2, 0.25) is 0 Å². The molecule has 0 atom stereocenters. The maximum absolute atomic E-state index is 6.19. The molecule has 0 radical (unpaired) electrons. The Morgan fingerprint density at radius 1 is 0.260 bits per heavy atom. The van der Waals surface area contributed by atoms with Crippen LogP contribution in [0.25, 0.3) is 0 Å². The van der Waals surface area contributed by atoms with Crippen LogP contribution in [0.1, 0.15) is 75.7 Å². The maximum atomic E-state index is 6.19. The highest BCUT2D eigenvalue weighted by molar-refractivity contribution is 6.88. The smallest absolute Gasteiger partial charge is 0.188 e. The van der Waals surface area contributed by atoms with Crippen molar-refractivity contribution in [3.8, 4) is 63.9 Å². The molecule has 0 amide bonds. The summed E-state index contributed by atoms with van der Waals surface area (Å²) >= 11 is 0. The quantitative estimate of drug-likeness (QED) is 0.0228. The summed E-state index contributed by atoms with van der Waals surface area (Å²) in [6.45, 7) is 37.1. The number of ether oxygens (including phenoxy) is 20. The first kappa shape index (κ1) is 85.1. The molecule has 0 bridgehead atoms. The summed E-state index contributed by atoms with van der Waals surface area (Å²) in [5, 5.41) is 0.0895. The van der Waals surface area contributed by atoms with E-state index in [0.29, 0.717) is 250 Å². The minimum absolute atomic E-state index is 0.00282. The van der Waals surface area contributed by atoms with Gasteiger partial charge in [-0.1, -0.05) is 79.6 Å². The average Bonchev–Trinajstić information content (AvgIpc) is 0.859. The monoisotopic (exact) mass is 1380 g/mol. The lowest BCUT2D eigenvalue weighted by Gasteiger charge is -2.31. The Morgan fingerprint density at radius 2 is 0.448 bits per heavy atom. The number of nitrogens with zero attached hydrogens (tertiary/aromatic N) is 3. The number of hydrogen-bond donors (Lipinski definition) is 0. The lowest BCUT2D eigenvalue weighted by atomic mass is 10.2.